The van der Waals surface area contributed by atoms with Gasteiger partial charge in [-0.2, -0.15) is 0 Å². The van der Waals surface area contributed by atoms with Crippen LogP contribution in [0.4, 0.5) is 0 Å². The molecule has 1 fully saturated rings. The quantitative estimate of drug-likeness (QED) is 0.500. The molecule has 1 aliphatic rings. The number of likely N-dealkylation sites (tertiary alicyclic amines) is 1. The number of benzene rings is 3. The van der Waals surface area contributed by atoms with Gasteiger partial charge in [0.15, 0.2) is 0 Å². The van der Waals surface area contributed by atoms with Gasteiger partial charge in [-0.25, -0.2) is 0 Å². The summed E-state index contributed by atoms with van der Waals surface area (Å²) >= 11 is 0. The van der Waals surface area contributed by atoms with Crippen LogP contribution in [0.2, 0.25) is 0 Å². The van der Waals surface area contributed by atoms with Crippen molar-refractivity contribution in [3.63, 3.8) is 0 Å². The molecule has 1 aliphatic heterocycles. The molecule has 33 heavy (non-hydrogen) atoms. The van der Waals surface area contributed by atoms with Crippen molar-refractivity contribution in [2.75, 3.05) is 26.7 Å². The zero-order valence-electron chi connectivity index (χ0n) is 19.5. The number of nitrogens with zero attached hydrogens (tertiary/aromatic N) is 1. The summed E-state index contributed by atoms with van der Waals surface area (Å²) in [5.41, 5.74) is 4.48. The van der Waals surface area contributed by atoms with E-state index in [1.165, 1.54) is 30.4 Å². The summed E-state index contributed by atoms with van der Waals surface area (Å²) in [5.74, 6) is 1.61. The van der Waals surface area contributed by atoms with Crippen molar-refractivity contribution in [1.82, 2.24) is 10.2 Å². The van der Waals surface area contributed by atoms with Crippen LogP contribution in [0.3, 0.4) is 0 Å². The SMILES string of the molecule is COc1ccccc1CCNC(=O)c1cccc(CN2CCC(Cc3ccccc3)CC2)c1. The van der Waals surface area contributed by atoms with Crippen LogP contribution in [0.25, 0.3) is 0 Å². The second kappa shape index (κ2) is 11.7. The standard InChI is InChI=1S/C29H34N2O2/c1-33-28-13-6-5-11-26(28)14-17-30-29(32)27-12-7-10-25(21-27)22-31-18-15-24(16-19-31)20-23-8-3-2-4-9-23/h2-13,21,24H,14-20,22H2,1H3,(H,30,32). The molecular weight excluding hydrogens is 408 g/mol. The van der Waals surface area contributed by atoms with Gasteiger partial charge >= 0.3 is 0 Å². The van der Waals surface area contributed by atoms with E-state index >= 15 is 0 Å². The highest BCUT2D eigenvalue weighted by Gasteiger charge is 2.20. The van der Waals surface area contributed by atoms with Crippen molar-refractivity contribution in [1.29, 1.82) is 0 Å². The molecule has 0 spiro atoms. The Morgan fingerprint density at radius 1 is 0.939 bits per heavy atom. The maximum absolute atomic E-state index is 12.7. The van der Waals surface area contributed by atoms with Gasteiger partial charge in [0.1, 0.15) is 5.75 Å². The van der Waals surface area contributed by atoms with E-state index in [0.29, 0.717) is 6.54 Å². The van der Waals surface area contributed by atoms with Gasteiger partial charge in [-0.05, 0) is 79.6 Å². The van der Waals surface area contributed by atoms with Crippen molar-refractivity contribution in [3.05, 3.63) is 101 Å². The maximum Gasteiger partial charge on any atom is 0.251 e. The summed E-state index contributed by atoms with van der Waals surface area (Å²) in [6.07, 6.45) is 4.39. The average molecular weight is 443 g/mol. The van der Waals surface area contributed by atoms with Gasteiger partial charge in [0.25, 0.3) is 5.91 Å². The smallest absolute Gasteiger partial charge is 0.251 e. The van der Waals surface area contributed by atoms with Crippen molar-refractivity contribution in [2.24, 2.45) is 5.92 Å². The minimum Gasteiger partial charge on any atom is -0.496 e. The van der Waals surface area contributed by atoms with E-state index in [1.807, 2.05) is 42.5 Å². The maximum atomic E-state index is 12.7. The predicted octanol–water partition coefficient (Wildman–Crippen LogP) is 5.12. The van der Waals surface area contributed by atoms with E-state index in [1.54, 1.807) is 7.11 Å². The molecule has 172 valence electrons. The highest BCUT2D eigenvalue weighted by atomic mass is 16.5. The van der Waals surface area contributed by atoms with Gasteiger partial charge in [0.05, 0.1) is 7.11 Å². The molecule has 0 aliphatic carbocycles. The molecule has 4 rings (SSSR count). The first-order chi connectivity index (χ1) is 16.2. The molecule has 4 nitrogen and oxygen atoms in total. The van der Waals surface area contributed by atoms with E-state index in [9.17, 15) is 4.79 Å². The lowest BCUT2D eigenvalue weighted by Gasteiger charge is -2.32. The van der Waals surface area contributed by atoms with Gasteiger partial charge < -0.3 is 10.1 Å². The molecule has 1 N–H and O–H groups in total. The largest absolute Gasteiger partial charge is 0.496 e. The van der Waals surface area contributed by atoms with Crippen molar-refractivity contribution in [3.8, 4) is 5.75 Å². The number of hydrogen-bond acceptors (Lipinski definition) is 3. The fourth-order valence-corrected chi connectivity index (χ4v) is 4.69. The molecular formula is C29H34N2O2. The fraction of sp³-hybridized carbons (Fsp3) is 0.345. The van der Waals surface area contributed by atoms with E-state index in [4.69, 9.17) is 4.74 Å². The third kappa shape index (κ3) is 6.69. The molecule has 0 radical (unpaired) electrons. The third-order valence-corrected chi connectivity index (χ3v) is 6.54. The first kappa shape index (κ1) is 23.1. The van der Waals surface area contributed by atoms with Crippen LogP contribution in [-0.2, 0) is 19.4 Å². The van der Waals surface area contributed by atoms with Gasteiger partial charge in [-0.15, -0.1) is 0 Å². The Kier molecular flexibility index (Phi) is 8.15. The Morgan fingerprint density at radius 2 is 1.67 bits per heavy atom. The highest BCUT2D eigenvalue weighted by molar-refractivity contribution is 5.94. The monoisotopic (exact) mass is 442 g/mol. The zero-order valence-corrected chi connectivity index (χ0v) is 19.5. The summed E-state index contributed by atoms with van der Waals surface area (Å²) in [4.78, 5) is 15.2. The first-order valence-electron chi connectivity index (χ1n) is 12.0. The second-order valence-electron chi connectivity index (χ2n) is 8.93. The molecule has 1 amide bonds. The third-order valence-electron chi connectivity index (χ3n) is 6.54. The molecule has 0 unspecified atom stereocenters. The lowest BCUT2D eigenvalue weighted by Crippen LogP contribution is -2.34. The number of carbonyl (C=O) groups is 1. The second-order valence-corrected chi connectivity index (χ2v) is 8.93. The van der Waals surface area contributed by atoms with Crippen LogP contribution in [-0.4, -0.2) is 37.6 Å². The number of hydrogen-bond donors (Lipinski definition) is 1. The molecule has 0 saturated carbocycles. The Bertz CT molecular complexity index is 1030. The Morgan fingerprint density at radius 3 is 2.45 bits per heavy atom. The number of para-hydroxylation sites is 1. The number of carbonyl (C=O) groups excluding carboxylic acids is 1. The summed E-state index contributed by atoms with van der Waals surface area (Å²) in [7, 11) is 1.68. The molecule has 0 atom stereocenters. The summed E-state index contributed by atoms with van der Waals surface area (Å²) in [5, 5.41) is 3.05. The lowest BCUT2D eigenvalue weighted by atomic mass is 9.90. The van der Waals surface area contributed by atoms with Gasteiger partial charge in [-0.3, -0.25) is 9.69 Å². The van der Waals surface area contributed by atoms with Crippen molar-refractivity contribution < 1.29 is 9.53 Å². The fourth-order valence-electron chi connectivity index (χ4n) is 4.69. The number of ether oxygens (including phenoxy) is 1. The lowest BCUT2D eigenvalue weighted by molar-refractivity contribution is 0.0953. The highest BCUT2D eigenvalue weighted by Crippen LogP contribution is 2.23. The van der Waals surface area contributed by atoms with E-state index in [0.717, 1.165) is 48.8 Å². The Balaban J connectivity index is 1.24. The van der Waals surface area contributed by atoms with E-state index in [2.05, 4.69) is 46.6 Å². The van der Waals surface area contributed by atoms with Gasteiger partial charge in [-0.1, -0.05) is 60.7 Å². The molecule has 0 aromatic heterocycles. The number of rotatable bonds is 9. The summed E-state index contributed by atoms with van der Waals surface area (Å²) in [6.45, 7) is 3.72. The molecule has 1 heterocycles. The normalized spacial score (nSPS) is 14.7. The average Bonchev–Trinajstić information content (AvgIpc) is 2.86. The molecule has 4 heteroatoms. The van der Waals surface area contributed by atoms with Crippen molar-refractivity contribution in [2.45, 2.75) is 32.2 Å². The van der Waals surface area contributed by atoms with Crippen LogP contribution in [0, 0.1) is 5.92 Å². The molecule has 0 bridgehead atoms. The van der Waals surface area contributed by atoms with Crippen LogP contribution >= 0.6 is 0 Å². The minimum atomic E-state index is -0.0201. The van der Waals surface area contributed by atoms with E-state index < -0.39 is 0 Å². The molecule has 3 aromatic rings. The Labute approximate surface area is 197 Å². The predicted molar refractivity (Wildman–Crippen MR) is 134 cm³/mol. The number of piperidine rings is 1. The number of amides is 1. The van der Waals surface area contributed by atoms with Gasteiger partial charge in [0, 0.05) is 18.7 Å². The molecule has 3 aromatic carbocycles. The molecule has 1 saturated heterocycles. The summed E-state index contributed by atoms with van der Waals surface area (Å²) in [6, 6.07) is 26.8. The topological polar surface area (TPSA) is 41.6 Å². The first-order valence-corrected chi connectivity index (χ1v) is 12.0. The van der Waals surface area contributed by atoms with Crippen LogP contribution in [0.1, 0.15) is 39.9 Å². The number of methoxy groups -OCH3 is 1. The van der Waals surface area contributed by atoms with Crippen LogP contribution < -0.4 is 10.1 Å². The van der Waals surface area contributed by atoms with E-state index in [-0.39, 0.29) is 5.91 Å². The minimum absolute atomic E-state index is 0.0201. The Hall–Kier alpha value is -3.11. The van der Waals surface area contributed by atoms with Crippen LogP contribution in [0.15, 0.2) is 78.9 Å². The van der Waals surface area contributed by atoms with Crippen molar-refractivity contribution >= 4 is 5.91 Å². The van der Waals surface area contributed by atoms with Gasteiger partial charge in [0.2, 0.25) is 0 Å². The summed E-state index contributed by atoms with van der Waals surface area (Å²) < 4.78 is 5.39. The van der Waals surface area contributed by atoms with Crippen LogP contribution in [0.5, 0.6) is 5.75 Å². The zero-order chi connectivity index (χ0) is 22.9. The number of nitrogens with one attached hydrogen (secondary N) is 1.